The molecule has 0 aliphatic heterocycles. The average Bonchev–Trinajstić information content (AvgIpc) is 3.00. The lowest BCUT2D eigenvalue weighted by molar-refractivity contribution is -0.0504. The molecule has 0 spiro atoms. The standard InChI is InChI=1S/C17H21F2N3O2S.HI/c1-11-6-7-25-15(11)10-22-17(20-2)21-9-12-8-13(23-3)4-5-14(12)24-16(18)19;/h4-8,16H,9-10H2,1-3H3,(H2,20,21,22);1H. The van der Waals surface area contributed by atoms with Crippen molar-refractivity contribution in [2.75, 3.05) is 14.2 Å². The molecule has 144 valence electrons. The molecule has 0 unspecified atom stereocenters. The zero-order chi connectivity index (χ0) is 18.2. The van der Waals surface area contributed by atoms with Crippen molar-refractivity contribution in [2.24, 2.45) is 4.99 Å². The maximum atomic E-state index is 12.6. The molecule has 0 atom stereocenters. The Morgan fingerprint density at radius 2 is 1.96 bits per heavy atom. The number of ether oxygens (including phenoxy) is 2. The van der Waals surface area contributed by atoms with Crippen molar-refractivity contribution in [3.8, 4) is 11.5 Å². The molecule has 0 fully saturated rings. The summed E-state index contributed by atoms with van der Waals surface area (Å²) in [5.74, 6) is 1.24. The molecular weight excluding hydrogens is 475 g/mol. The minimum Gasteiger partial charge on any atom is -0.497 e. The third kappa shape index (κ3) is 6.60. The first-order valence-electron chi connectivity index (χ1n) is 7.62. The van der Waals surface area contributed by atoms with Crippen LogP contribution in [0.2, 0.25) is 0 Å². The molecule has 1 heterocycles. The SMILES string of the molecule is CN=C(NCc1cc(OC)ccc1OC(F)F)NCc1sccc1C.I. The molecule has 0 aliphatic rings. The first-order valence-corrected chi connectivity index (χ1v) is 8.50. The Kier molecular flexibility index (Phi) is 9.63. The molecule has 0 saturated heterocycles. The van der Waals surface area contributed by atoms with Gasteiger partial charge < -0.3 is 20.1 Å². The zero-order valence-corrected chi connectivity index (χ0v) is 17.9. The molecule has 0 aliphatic carbocycles. The summed E-state index contributed by atoms with van der Waals surface area (Å²) in [6, 6.07) is 6.75. The van der Waals surface area contributed by atoms with Gasteiger partial charge in [-0.1, -0.05) is 0 Å². The Morgan fingerprint density at radius 1 is 1.23 bits per heavy atom. The lowest BCUT2D eigenvalue weighted by Crippen LogP contribution is -2.36. The first-order chi connectivity index (χ1) is 12.0. The maximum Gasteiger partial charge on any atom is 0.387 e. The minimum absolute atomic E-state index is 0. The Labute approximate surface area is 172 Å². The molecule has 1 aromatic heterocycles. The molecule has 0 radical (unpaired) electrons. The van der Waals surface area contributed by atoms with E-state index in [-0.39, 0.29) is 36.3 Å². The summed E-state index contributed by atoms with van der Waals surface area (Å²) in [7, 11) is 3.17. The van der Waals surface area contributed by atoms with E-state index in [0.717, 1.165) is 0 Å². The average molecular weight is 497 g/mol. The molecule has 1 aromatic carbocycles. The normalized spacial score (nSPS) is 11.1. The molecule has 0 saturated carbocycles. The van der Waals surface area contributed by atoms with Gasteiger partial charge in [0.15, 0.2) is 5.96 Å². The van der Waals surface area contributed by atoms with Gasteiger partial charge in [-0.15, -0.1) is 35.3 Å². The van der Waals surface area contributed by atoms with E-state index in [9.17, 15) is 8.78 Å². The van der Waals surface area contributed by atoms with Crippen LogP contribution in [0.25, 0.3) is 0 Å². The van der Waals surface area contributed by atoms with Gasteiger partial charge in [0.2, 0.25) is 0 Å². The third-order valence-electron chi connectivity index (χ3n) is 3.54. The maximum absolute atomic E-state index is 12.6. The van der Waals surface area contributed by atoms with Crippen molar-refractivity contribution >= 4 is 41.3 Å². The number of rotatable bonds is 7. The number of nitrogens with one attached hydrogen (secondary N) is 2. The fraction of sp³-hybridized carbons (Fsp3) is 0.353. The van der Waals surface area contributed by atoms with Gasteiger partial charge in [0, 0.05) is 24.0 Å². The predicted molar refractivity (Wildman–Crippen MR) is 111 cm³/mol. The highest BCUT2D eigenvalue weighted by Crippen LogP contribution is 2.25. The molecular formula is C17H22F2IN3O2S. The van der Waals surface area contributed by atoms with Crippen molar-refractivity contribution in [1.82, 2.24) is 10.6 Å². The highest BCUT2D eigenvalue weighted by atomic mass is 127. The molecule has 5 nitrogen and oxygen atoms in total. The van der Waals surface area contributed by atoms with E-state index in [0.29, 0.717) is 23.8 Å². The zero-order valence-electron chi connectivity index (χ0n) is 14.7. The summed E-state index contributed by atoms with van der Waals surface area (Å²) in [5.41, 5.74) is 1.77. The van der Waals surface area contributed by atoms with Gasteiger partial charge in [-0.2, -0.15) is 8.78 Å². The molecule has 9 heteroatoms. The summed E-state index contributed by atoms with van der Waals surface area (Å²) in [5, 5.41) is 8.33. The second kappa shape index (κ2) is 11.2. The Morgan fingerprint density at radius 3 is 2.54 bits per heavy atom. The van der Waals surface area contributed by atoms with Crippen molar-refractivity contribution < 1.29 is 18.3 Å². The molecule has 2 rings (SSSR count). The van der Waals surface area contributed by atoms with Crippen molar-refractivity contribution in [3.63, 3.8) is 0 Å². The van der Waals surface area contributed by atoms with Crippen LogP contribution >= 0.6 is 35.3 Å². The number of aliphatic imine (C=N–C) groups is 1. The Balaban J connectivity index is 0.00000338. The summed E-state index contributed by atoms with van der Waals surface area (Å²) in [6.07, 6.45) is 0. The summed E-state index contributed by atoms with van der Waals surface area (Å²) < 4.78 is 34.8. The smallest absolute Gasteiger partial charge is 0.387 e. The topological polar surface area (TPSA) is 54.9 Å². The molecule has 2 aromatic rings. The number of hydrogen-bond acceptors (Lipinski definition) is 4. The fourth-order valence-electron chi connectivity index (χ4n) is 2.18. The number of hydrogen-bond donors (Lipinski definition) is 2. The minimum atomic E-state index is -2.88. The number of methoxy groups -OCH3 is 1. The van der Waals surface area contributed by atoms with Gasteiger partial charge in [-0.05, 0) is 42.1 Å². The highest BCUT2D eigenvalue weighted by Gasteiger charge is 2.12. The largest absolute Gasteiger partial charge is 0.497 e. The van der Waals surface area contributed by atoms with Crippen molar-refractivity contribution in [2.45, 2.75) is 26.6 Å². The summed E-state index contributed by atoms with van der Waals surface area (Å²) in [6.45, 7) is 0.0733. The van der Waals surface area contributed by atoms with Crippen LogP contribution in [0.15, 0.2) is 34.6 Å². The van der Waals surface area contributed by atoms with E-state index in [4.69, 9.17) is 4.74 Å². The number of guanidine groups is 1. The fourth-order valence-corrected chi connectivity index (χ4v) is 3.03. The second-order valence-electron chi connectivity index (χ2n) is 5.16. The molecule has 0 amide bonds. The van der Waals surface area contributed by atoms with E-state index in [1.807, 2.05) is 12.3 Å². The number of benzene rings is 1. The van der Waals surface area contributed by atoms with Gasteiger partial charge in [-0.3, -0.25) is 4.99 Å². The van der Waals surface area contributed by atoms with E-state index >= 15 is 0 Å². The van der Waals surface area contributed by atoms with Crippen LogP contribution in [0, 0.1) is 6.92 Å². The predicted octanol–water partition coefficient (Wildman–Crippen LogP) is 4.15. The van der Waals surface area contributed by atoms with Gasteiger partial charge >= 0.3 is 6.61 Å². The molecule has 2 N–H and O–H groups in total. The lowest BCUT2D eigenvalue weighted by Gasteiger charge is -2.15. The monoisotopic (exact) mass is 497 g/mol. The number of aryl methyl sites for hydroxylation is 1. The van der Waals surface area contributed by atoms with Crippen molar-refractivity contribution in [3.05, 3.63) is 45.6 Å². The van der Waals surface area contributed by atoms with Crippen LogP contribution in [0.5, 0.6) is 11.5 Å². The molecule has 26 heavy (non-hydrogen) atoms. The number of alkyl halides is 2. The quantitative estimate of drug-likeness (QED) is 0.343. The summed E-state index contributed by atoms with van der Waals surface area (Å²) in [4.78, 5) is 5.36. The Bertz CT molecular complexity index is 726. The van der Waals surface area contributed by atoms with Crippen LogP contribution in [0.1, 0.15) is 16.0 Å². The van der Waals surface area contributed by atoms with Crippen LogP contribution in [0.4, 0.5) is 8.78 Å². The third-order valence-corrected chi connectivity index (χ3v) is 4.56. The lowest BCUT2D eigenvalue weighted by atomic mass is 10.2. The number of halogens is 3. The van der Waals surface area contributed by atoms with Gasteiger partial charge in [-0.25, -0.2) is 0 Å². The number of nitrogens with zero attached hydrogens (tertiary/aromatic N) is 1. The summed E-state index contributed by atoms with van der Waals surface area (Å²) >= 11 is 1.67. The van der Waals surface area contributed by atoms with E-state index in [1.165, 1.54) is 23.6 Å². The van der Waals surface area contributed by atoms with E-state index in [1.54, 1.807) is 30.5 Å². The van der Waals surface area contributed by atoms with Gasteiger partial charge in [0.1, 0.15) is 11.5 Å². The molecule has 0 bridgehead atoms. The second-order valence-corrected chi connectivity index (χ2v) is 6.16. The van der Waals surface area contributed by atoms with Crippen LogP contribution < -0.4 is 20.1 Å². The van der Waals surface area contributed by atoms with Gasteiger partial charge in [0.25, 0.3) is 0 Å². The highest BCUT2D eigenvalue weighted by molar-refractivity contribution is 14.0. The van der Waals surface area contributed by atoms with Crippen LogP contribution in [-0.4, -0.2) is 26.7 Å². The Hall–Kier alpha value is -1.62. The first kappa shape index (κ1) is 22.4. The van der Waals surface area contributed by atoms with E-state index < -0.39 is 6.61 Å². The van der Waals surface area contributed by atoms with E-state index in [2.05, 4.69) is 26.4 Å². The van der Waals surface area contributed by atoms with Crippen LogP contribution in [-0.2, 0) is 13.1 Å². The number of thiophene rings is 1. The van der Waals surface area contributed by atoms with Crippen LogP contribution in [0.3, 0.4) is 0 Å². The van der Waals surface area contributed by atoms with Crippen molar-refractivity contribution in [1.29, 1.82) is 0 Å². The van der Waals surface area contributed by atoms with Gasteiger partial charge in [0.05, 0.1) is 13.7 Å².